The van der Waals surface area contributed by atoms with Crippen molar-refractivity contribution in [2.45, 2.75) is 12.8 Å². The molecule has 0 aliphatic carbocycles. The highest BCUT2D eigenvalue weighted by Gasteiger charge is 2.00. The number of hydrogen-bond acceptors (Lipinski definition) is 6. The quantitative estimate of drug-likeness (QED) is 0.450. The molecule has 0 heterocycles. The van der Waals surface area contributed by atoms with Crippen LogP contribution in [0, 0.1) is 0 Å². The smallest absolute Gasteiger partial charge is 0.157 e. The van der Waals surface area contributed by atoms with Crippen LogP contribution in [0.3, 0.4) is 0 Å². The third-order valence-electron chi connectivity index (χ3n) is 3.41. The third-order valence-corrected chi connectivity index (χ3v) is 3.41. The lowest BCUT2D eigenvalue weighted by atomic mass is 10.1. The molecule has 0 aromatic heterocycles. The van der Waals surface area contributed by atoms with Crippen LogP contribution in [0.2, 0.25) is 0 Å². The zero-order chi connectivity index (χ0) is 17.9. The third kappa shape index (κ3) is 6.76. The molecule has 0 saturated carbocycles. The highest BCUT2D eigenvalue weighted by atomic mass is 16.3. The highest BCUT2D eigenvalue weighted by molar-refractivity contribution is 5.41. The number of aromatic hydroxyl groups is 4. The molecule has 0 amide bonds. The Morgan fingerprint density at radius 2 is 1.00 bits per heavy atom. The second kappa shape index (κ2) is 10.4. The fourth-order valence-electron chi connectivity index (χ4n) is 1.99. The van der Waals surface area contributed by atoms with E-state index in [1.807, 2.05) is 14.1 Å². The highest BCUT2D eigenvalue weighted by Crippen LogP contribution is 2.25. The minimum Gasteiger partial charge on any atom is -0.504 e. The first kappa shape index (κ1) is 19.6. The molecule has 24 heavy (non-hydrogen) atoms. The Bertz CT molecular complexity index is 577. The number of nitrogens with one attached hydrogen (secondary N) is 2. The van der Waals surface area contributed by atoms with Gasteiger partial charge in [0.25, 0.3) is 0 Å². The Labute approximate surface area is 142 Å². The van der Waals surface area contributed by atoms with E-state index in [1.165, 1.54) is 12.1 Å². The largest absolute Gasteiger partial charge is 0.504 e. The van der Waals surface area contributed by atoms with Crippen LogP contribution in [0.15, 0.2) is 36.4 Å². The molecule has 2 aromatic rings. The first-order chi connectivity index (χ1) is 11.5. The second-order valence-electron chi connectivity index (χ2n) is 5.35. The van der Waals surface area contributed by atoms with E-state index in [-0.39, 0.29) is 23.0 Å². The van der Waals surface area contributed by atoms with Crippen molar-refractivity contribution in [1.29, 1.82) is 0 Å². The van der Waals surface area contributed by atoms with Crippen LogP contribution in [0.25, 0.3) is 0 Å². The van der Waals surface area contributed by atoms with Gasteiger partial charge >= 0.3 is 0 Å². The zero-order valence-electron chi connectivity index (χ0n) is 14.1. The first-order valence-electron chi connectivity index (χ1n) is 7.78. The maximum absolute atomic E-state index is 9.13. The summed E-state index contributed by atoms with van der Waals surface area (Å²) in [4.78, 5) is 0. The lowest BCUT2D eigenvalue weighted by molar-refractivity contribution is 0.403. The van der Waals surface area contributed by atoms with Gasteiger partial charge in [-0.1, -0.05) is 12.1 Å². The van der Waals surface area contributed by atoms with E-state index in [4.69, 9.17) is 20.4 Å². The molecule has 6 heteroatoms. The lowest BCUT2D eigenvalue weighted by Gasteiger charge is -2.02. The Balaban J connectivity index is 0.000000240. The van der Waals surface area contributed by atoms with Crippen molar-refractivity contribution >= 4 is 0 Å². The van der Waals surface area contributed by atoms with E-state index in [0.29, 0.717) is 0 Å². The first-order valence-corrected chi connectivity index (χ1v) is 7.78. The van der Waals surface area contributed by atoms with Crippen LogP contribution in [0.5, 0.6) is 23.0 Å². The maximum atomic E-state index is 9.13. The topological polar surface area (TPSA) is 105 Å². The number of likely N-dealkylation sites (N-methyl/N-ethyl adjacent to an activating group) is 2. The van der Waals surface area contributed by atoms with Crippen molar-refractivity contribution in [1.82, 2.24) is 10.6 Å². The van der Waals surface area contributed by atoms with Gasteiger partial charge in [0.2, 0.25) is 0 Å². The Kier molecular flexibility index (Phi) is 8.46. The van der Waals surface area contributed by atoms with Crippen LogP contribution in [0.4, 0.5) is 0 Å². The summed E-state index contributed by atoms with van der Waals surface area (Å²) in [5.41, 5.74) is 2.03. The van der Waals surface area contributed by atoms with Crippen molar-refractivity contribution in [3.05, 3.63) is 47.5 Å². The van der Waals surface area contributed by atoms with Crippen molar-refractivity contribution in [3.8, 4) is 23.0 Å². The summed E-state index contributed by atoms with van der Waals surface area (Å²) in [5, 5.41) is 42.3. The van der Waals surface area contributed by atoms with Gasteiger partial charge in [0, 0.05) is 0 Å². The van der Waals surface area contributed by atoms with Crippen molar-refractivity contribution < 1.29 is 20.4 Å². The molecule has 6 nitrogen and oxygen atoms in total. The van der Waals surface area contributed by atoms with Crippen LogP contribution in [-0.4, -0.2) is 47.6 Å². The summed E-state index contributed by atoms with van der Waals surface area (Å²) < 4.78 is 0. The van der Waals surface area contributed by atoms with Crippen LogP contribution >= 0.6 is 0 Å². The molecule has 6 N–H and O–H groups in total. The number of phenolic OH excluding ortho intramolecular Hbond substituents is 4. The van der Waals surface area contributed by atoms with Gasteiger partial charge in [-0.2, -0.15) is 0 Å². The molecule has 0 unspecified atom stereocenters. The molecule has 2 rings (SSSR count). The molecule has 0 aliphatic rings. The minimum atomic E-state index is -0.0665. The van der Waals surface area contributed by atoms with Gasteiger partial charge in [-0.15, -0.1) is 0 Å². The fourth-order valence-corrected chi connectivity index (χ4v) is 1.99. The number of benzene rings is 2. The van der Waals surface area contributed by atoms with Crippen molar-refractivity contribution in [2.24, 2.45) is 0 Å². The van der Waals surface area contributed by atoms with Gasteiger partial charge in [0.05, 0.1) is 0 Å². The molecular weight excluding hydrogens is 308 g/mol. The van der Waals surface area contributed by atoms with Gasteiger partial charge < -0.3 is 31.1 Å². The molecule has 0 atom stereocenters. The van der Waals surface area contributed by atoms with E-state index in [9.17, 15) is 0 Å². The van der Waals surface area contributed by atoms with Crippen LogP contribution in [-0.2, 0) is 12.8 Å². The Morgan fingerprint density at radius 1 is 0.625 bits per heavy atom. The average molecular weight is 334 g/mol. The summed E-state index contributed by atoms with van der Waals surface area (Å²) in [6, 6.07) is 9.75. The number of rotatable bonds is 6. The monoisotopic (exact) mass is 334 g/mol. The molecular formula is C18H26N2O4. The minimum absolute atomic E-state index is 0.0522. The molecule has 0 bridgehead atoms. The summed E-state index contributed by atoms with van der Waals surface area (Å²) in [7, 11) is 3.75. The SMILES string of the molecule is CNCCc1ccc(O)c(O)c1.CNCCc1ccc(O)c(O)c1. The lowest BCUT2D eigenvalue weighted by Crippen LogP contribution is -2.09. The molecule has 0 spiro atoms. The van der Waals surface area contributed by atoms with E-state index in [1.54, 1.807) is 24.3 Å². The molecule has 132 valence electrons. The summed E-state index contributed by atoms with van der Waals surface area (Å²) in [6.45, 7) is 1.73. The van der Waals surface area contributed by atoms with E-state index < -0.39 is 0 Å². The maximum Gasteiger partial charge on any atom is 0.157 e. The molecule has 0 saturated heterocycles. The Morgan fingerprint density at radius 3 is 1.29 bits per heavy atom. The predicted octanol–water partition coefficient (Wildman–Crippen LogP) is 1.72. The van der Waals surface area contributed by atoms with Gasteiger partial charge in [-0.3, -0.25) is 0 Å². The number of hydrogen-bond donors (Lipinski definition) is 6. The second-order valence-corrected chi connectivity index (χ2v) is 5.35. The molecule has 0 radical (unpaired) electrons. The molecule has 2 aromatic carbocycles. The normalized spacial score (nSPS) is 10.1. The average Bonchev–Trinajstić information content (AvgIpc) is 2.57. The van der Waals surface area contributed by atoms with Gasteiger partial charge in [0.1, 0.15) is 0 Å². The number of phenols is 4. The summed E-state index contributed by atoms with van der Waals surface area (Å²) in [5.74, 6) is -0.237. The summed E-state index contributed by atoms with van der Waals surface area (Å²) in [6.07, 6.45) is 1.70. The van der Waals surface area contributed by atoms with Crippen molar-refractivity contribution in [2.75, 3.05) is 27.2 Å². The van der Waals surface area contributed by atoms with E-state index in [2.05, 4.69) is 10.6 Å². The van der Waals surface area contributed by atoms with Gasteiger partial charge in [-0.05, 0) is 75.4 Å². The molecule has 0 fully saturated rings. The van der Waals surface area contributed by atoms with E-state index in [0.717, 1.165) is 37.1 Å². The standard InChI is InChI=1S/2C9H13NO2/c2*1-10-5-4-7-2-3-8(11)9(12)6-7/h2*2-3,6,10-12H,4-5H2,1H3. The van der Waals surface area contributed by atoms with E-state index >= 15 is 0 Å². The summed E-state index contributed by atoms with van der Waals surface area (Å²) >= 11 is 0. The van der Waals surface area contributed by atoms with Gasteiger partial charge in [-0.25, -0.2) is 0 Å². The zero-order valence-corrected chi connectivity index (χ0v) is 14.1. The Hall–Kier alpha value is -2.44. The van der Waals surface area contributed by atoms with Crippen LogP contribution in [0.1, 0.15) is 11.1 Å². The predicted molar refractivity (Wildman–Crippen MR) is 94.8 cm³/mol. The fraction of sp³-hybridized carbons (Fsp3) is 0.333. The van der Waals surface area contributed by atoms with Crippen molar-refractivity contribution in [3.63, 3.8) is 0 Å². The van der Waals surface area contributed by atoms with Gasteiger partial charge in [0.15, 0.2) is 23.0 Å². The molecule has 0 aliphatic heterocycles. The van der Waals surface area contributed by atoms with Crippen LogP contribution < -0.4 is 10.6 Å².